The number of anilines is 2. The lowest BCUT2D eigenvalue weighted by Crippen LogP contribution is -2.49. The maximum atomic E-state index is 5.75. The lowest BCUT2D eigenvalue weighted by molar-refractivity contribution is 0.0296. The third-order valence-corrected chi connectivity index (χ3v) is 3.28. The summed E-state index contributed by atoms with van der Waals surface area (Å²) >= 11 is 0. The Morgan fingerprint density at radius 2 is 2.35 bits per heavy atom. The van der Waals surface area contributed by atoms with E-state index in [9.17, 15) is 0 Å². The van der Waals surface area contributed by atoms with Crippen molar-refractivity contribution in [1.29, 1.82) is 0 Å². The minimum atomic E-state index is 0.261. The topological polar surface area (TPSA) is 51.4 Å². The summed E-state index contributed by atoms with van der Waals surface area (Å²) in [7, 11) is 0. The minimum Gasteiger partial charge on any atom is -0.397 e. The molecule has 0 amide bonds. The molecule has 1 saturated heterocycles. The first-order chi connectivity index (χ1) is 8.11. The molecule has 1 aliphatic rings. The molecule has 2 unspecified atom stereocenters. The third kappa shape index (κ3) is 2.52. The van der Waals surface area contributed by atoms with Crippen LogP contribution in [0.3, 0.4) is 0 Å². The van der Waals surface area contributed by atoms with E-state index in [2.05, 4.69) is 30.7 Å². The van der Waals surface area contributed by atoms with Crippen LogP contribution < -0.4 is 10.6 Å². The van der Waals surface area contributed by atoms with Gasteiger partial charge in [0.2, 0.25) is 0 Å². The van der Waals surface area contributed by atoms with E-state index in [-0.39, 0.29) is 6.10 Å². The molecule has 0 aliphatic carbocycles. The fourth-order valence-corrected chi connectivity index (χ4v) is 2.33. The Kier molecular flexibility index (Phi) is 3.52. The lowest BCUT2D eigenvalue weighted by Gasteiger charge is -2.39. The number of hydrogen-bond acceptors (Lipinski definition) is 4. The molecular formula is C13H21N3O. The number of rotatable bonds is 2. The third-order valence-electron chi connectivity index (χ3n) is 3.28. The van der Waals surface area contributed by atoms with Gasteiger partial charge in [0.25, 0.3) is 0 Å². The Hall–Kier alpha value is -1.29. The molecule has 94 valence electrons. The molecule has 2 rings (SSSR count). The molecule has 0 bridgehead atoms. The highest BCUT2D eigenvalue weighted by molar-refractivity contribution is 5.53. The molecule has 0 radical (unpaired) electrons. The SMILES string of the molecule is CCC1COC(C)CN1c1ncc(N)cc1C. The van der Waals surface area contributed by atoms with Crippen molar-refractivity contribution in [2.45, 2.75) is 39.3 Å². The highest BCUT2D eigenvalue weighted by atomic mass is 16.5. The molecule has 1 aliphatic heterocycles. The van der Waals surface area contributed by atoms with Crippen molar-refractivity contribution < 1.29 is 4.74 Å². The van der Waals surface area contributed by atoms with E-state index in [1.165, 1.54) is 0 Å². The predicted molar refractivity (Wildman–Crippen MR) is 70.2 cm³/mol. The van der Waals surface area contributed by atoms with Gasteiger partial charge < -0.3 is 15.4 Å². The van der Waals surface area contributed by atoms with Crippen molar-refractivity contribution in [2.75, 3.05) is 23.8 Å². The van der Waals surface area contributed by atoms with Gasteiger partial charge in [-0.25, -0.2) is 4.98 Å². The summed E-state index contributed by atoms with van der Waals surface area (Å²) in [5, 5.41) is 0. The van der Waals surface area contributed by atoms with Crippen LogP contribution in [0.2, 0.25) is 0 Å². The van der Waals surface area contributed by atoms with Gasteiger partial charge in [-0.2, -0.15) is 0 Å². The molecule has 17 heavy (non-hydrogen) atoms. The molecular weight excluding hydrogens is 214 g/mol. The van der Waals surface area contributed by atoms with Gasteiger partial charge in [-0.3, -0.25) is 0 Å². The van der Waals surface area contributed by atoms with Crippen LogP contribution in [0.4, 0.5) is 11.5 Å². The van der Waals surface area contributed by atoms with Crippen molar-refractivity contribution in [1.82, 2.24) is 4.98 Å². The molecule has 4 heteroatoms. The molecule has 1 fully saturated rings. The van der Waals surface area contributed by atoms with Crippen LogP contribution in [0.1, 0.15) is 25.8 Å². The fourth-order valence-electron chi connectivity index (χ4n) is 2.33. The van der Waals surface area contributed by atoms with Gasteiger partial charge in [0.1, 0.15) is 5.82 Å². The lowest BCUT2D eigenvalue weighted by atomic mass is 10.1. The summed E-state index contributed by atoms with van der Waals surface area (Å²) in [6.45, 7) is 8.03. The molecule has 2 heterocycles. The molecule has 2 atom stereocenters. The van der Waals surface area contributed by atoms with Crippen molar-refractivity contribution in [3.63, 3.8) is 0 Å². The predicted octanol–water partition coefficient (Wildman–Crippen LogP) is 1.98. The molecule has 2 N–H and O–H groups in total. The Balaban J connectivity index is 2.28. The van der Waals surface area contributed by atoms with Gasteiger partial charge in [0.15, 0.2) is 0 Å². The highest BCUT2D eigenvalue weighted by Gasteiger charge is 2.27. The second kappa shape index (κ2) is 4.92. The molecule has 0 aromatic carbocycles. The fraction of sp³-hybridized carbons (Fsp3) is 0.615. The Morgan fingerprint density at radius 1 is 1.59 bits per heavy atom. The average molecular weight is 235 g/mol. The number of morpholine rings is 1. The van der Waals surface area contributed by atoms with Gasteiger partial charge in [-0.15, -0.1) is 0 Å². The van der Waals surface area contributed by atoms with Gasteiger partial charge >= 0.3 is 0 Å². The minimum absolute atomic E-state index is 0.261. The van der Waals surface area contributed by atoms with E-state index >= 15 is 0 Å². The molecule has 4 nitrogen and oxygen atoms in total. The monoisotopic (exact) mass is 235 g/mol. The first kappa shape index (κ1) is 12.2. The van der Waals surface area contributed by atoms with Crippen molar-refractivity contribution in [3.05, 3.63) is 17.8 Å². The van der Waals surface area contributed by atoms with E-state index < -0.39 is 0 Å². The number of aromatic nitrogens is 1. The number of aryl methyl sites for hydroxylation is 1. The first-order valence-electron chi connectivity index (χ1n) is 6.22. The summed E-state index contributed by atoms with van der Waals surface area (Å²) in [6, 6.07) is 2.40. The molecule has 0 spiro atoms. The summed E-state index contributed by atoms with van der Waals surface area (Å²) < 4.78 is 5.70. The zero-order valence-electron chi connectivity index (χ0n) is 10.8. The van der Waals surface area contributed by atoms with E-state index in [1.807, 2.05) is 6.07 Å². The molecule has 1 aromatic heterocycles. The van der Waals surface area contributed by atoms with E-state index in [4.69, 9.17) is 10.5 Å². The van der Waals surface area contributed by atoms with Crippen LogP contribution in [-0.4, -0.2) is 30.3 Å². The van der Waals surface area contributed by atoms with Gasteiger partial charge in [0, 0.05) is 6.54 Å². The Labute approximate surface area is 103 Å². The van der Waals surface area contributed by atoms with Crippen molar-refractivity contribution in [2.24, 2.45) is 0 Å². The van der Waals surface area contributed by atoms with E-state index in [1.54, 1.807) is 6.20 Å². The summed E-state index contributed by atoms with van der Waals surface area (Å²) in [6.07, 6.45) is 3.06. The normalized spacial score (nSPS) is 25.0. The van der Waals surface area contributed by atoms with Crippen molar-refractivity contribution in [3.8, 4) is 0 Å². The summed E-state index contributed by atoms with van der Waals surface area (Å²) in [4.78, 5) is 6.83. The summed E-state index contributed by atoms with van der Waals surface area (Å²) in [5.74, 6) is 1.04. The standard InChI is InChI=1S/C13H21N3O/c1-4-12-8-17-10(3)7-16(12)13-9(2)5-11(14)6-15-13/h5-6,10,12H,4,7-8,14H2,1-3H3. The highest BCUT2D eigenvalue weighted by Crippen LogP contribution is 2.25. The zero-order valence-corrected chi connectivity index (χ0v) is 10.8. The number of nitrogen functional groups attached to an aromatic ring is 1. The number of hydrogen-bond donors (Lipinski definition) is 1. The quantitative estimate of drug-likeness (QED) is 0.851. The number of pyridine rings is 1. The molecule has 1 aromatic rings. The zero-order chi connectivity index (χ0) is 12.4. The summed E-state index contributed by atoms with van der Waals surface area (Å²) in [5.41, 5.74) is 7.61. The van der Waals surface area contributed by atoms with Gasteiger partial charge in [-0.1, -0.05) is 6.92 Å². The van der Waals surface area contributed by atoms with Crippen LogP contribution in [-0.2, 0) is 4.74 Å². The first-order valence-corrected chi connectivity index (χ1v) is 6.22. The maximum Gasteiger partial charge on any atom is 0.132 e. The van der Waals surface area contributed by atoms with Crippen LogP contribution in [0, 0.1) is 6.92 Å². The largest absolute Gasteiger partial charge is 0.397 e. The Bertz CT molecular complexity index is 394. The maximum absolute atomic E-state index is 5.75. The van der Waals surface area contributed by atoms with E-state index in [0.717, 1.165) is 36.6 Å². The van der Waals surface area contributed by atoms with Crippen LogP contribution in [0.15, 0.2) is 12.3 Å². The number of nitrogens with zero attached hydrogens (tertiary/aromatic N) is 2. The second-order valence-electron chi connectivity index (χ2n) is 4.77. The van der Waals surface area contributed by atoms with Crippen LogP contribution in [0.5, 0.6) is 0 Å². The second-order valence-corrected chi connectivity index (χ2v) is 4.77. The van der Waals surface area contributed by atoms with E-state index in [0.29, 0.717) is 6.04 Å². The number of ether oxygens (including phenoxy) is 1. The van der Waals surface area contributed by atoms with Crippen molar-refractivity contribution >= 4 is 11.5 Å². The average Bonchev–Trinajstić information content (AvgIpc) is 2.29. The van der Waals surface area contributed by atoms with Gasteiger partial charge in [-0.05, 0) is 31.9 Å². The van der Waals surface area contributed by atoms with Gasteiger partial charge in [0.05, 0.1) is 30.6 Å². The smallest absolute Gasteiger partial charge is 0.132 e. The number of nitrogens with two attached hydrogens (primary N) is 1. The Morgan fingerprint density at radius 3 is 3.00 bits per heavy atom. The van der Waals surface area contributed by atoms with Crippen LogP contribution >= 0.6 is 0 Å². The van der Waals surface area contributed by atoms with Crippen LogP contribution in [0.25, 0.3) is 0 Å². The molecule has 0 saturated carbocycles.